The molecule has 1 unspecified atom stereocenters. The van der Waals surface area contributed by atoms with E-state index >= 15 is 0 Å². The van der Waals surface area contributed by atoms with Gasteiger partial charge in [-0.15, -0.1) is 0 Å². The van der Waals surface area contributed by atoms with Crippen molar-refractivity contribution in [3.63, 3.8) is 0 Å². The van der Waals surface area contributed by atoms with Crippen molar-refractivity contribution in [3.05, 3.63) is 64.4 Å². The monoisotopic (exact) mass is 307 g/mol. The molecule has 0 amide bonds. The predicted octanol–water partition coefficient (Wildman–Crippen LogP) is 3.85. The van der Waals surface area contributed by atoms with E-state index in [2.05, 4.69) is 0 Å². The summed E-state index contributed by atoms with van der Waals surface area (Å²) in [4.78, 5) is 0. The van der Waals surface area contributed by atoms with Crippen LogP contribution in [0.15, 0.2) is 42.5 Å². The van der Waals surface area contributed by atoms with Crippen LogP contribution in [-0.4, -0.2) is 13.7 Å². The second-order valence-corrected chi connectivity index (χ2v) is 5.54. The molecule has 4 heteroatoms. The highest BCUT2D eigenvalue weighted by Crippen LogP contribution is 2.21. The molecule has 2 nitrogen and oxygen atoms in total. The Morgan fingerprint density at radius 3 is 2.29 bits per heavy atom. The number of hydrogen-bond acceptors (Lipinski definition) is 2. The van der Waals surface area contributed by atoms with Gasteiger partial charge >= 0.3 is 0 Å². The molecule has 2 aromatic carbocycles. The summed E-state index contributed by atoms with van der Waals surface area (Å²) in [5.74, 6) is 0.192. The van der Waals surface area contributed by atoms with Gasteiger partial charge in [0.25, 0.3) is 0 Å². The third kappa shape index (κ3) is 4.45. The largest absolute Gasteiger partial charge is 0.494 e. The van der Waals surface area contributed by atoms with E-state index in [-0.39, 0.29) is 17.5 Å². The van der Waals surface area contributed by atoms with Crippen LogP contribution in [0, 0.1) is 11.7 Å². The Hall–Kier alpha value is -1.58. The fraction of sp³-hybridized carbons (Fsp3) is 0.294. The lowest BCUT2D eigenvalue weighted by molar-refractivity contribution is 0.385. The fourth-order valence-electron chi connectivity index (χ4n) is 2.36. The Labute approximate surface area is 129 Å². The maximum atomic E-state index is 13.7. The Morgan fingerprint density at radius 1 is 1.10 bits per heavy atom. The molecular weight excluding hydrogens is 289 g/mol. The van der Waals surface area contributed by atoms with Crippen LogP contribution in [0.4, 0.5) is 4.39 Å². The number of ether oxygens (including phenoxy) is 1. The van der Waals surface area contributed by atoms with Crippen molar-refractivity contribution >= 4 is 11.6 Å². The fourth-order valence-corrected chi connectivity index (χ4v) is 2.49. The van der Waals surface area contributed by atoms with Crippen molar-refractivity contribution < 1.29 is 9.13 Å². The number of rotatable bonds is 6. The zero-order chi connectivity index (χ0) is 15.2. The third-order valence-corrected chi connectivity index (χ3v) is 3.76. The van der Waals surface area contributed by atoms with E-state index in [9.17, 15) is 4.39 Å². The van der Waals surface area contributed by atoms with Gasteiger partial charge in [0.2, 0.25) is 0 Å². The van der Waals surface area contributed by atoms with Gasteiger partial charge < -0.3 is 10.5 Å². The standard InChI is InChI=1S/C17H19ClFNO/c1-21-17-7-4-13(10-16(17)19)9-14(11-20)8-12-2-5-15(18)6-3-12/h2-7,10,14H,8-9,11,20H2,1H3. The molecule has 0 aromatic heterocycles. The molecule has 0 heterocycles. The topological polar surface area (TPSA) is 35.2 Å². The zero-order valence-electron chi connectivity index (χ0n) is 12.0. The summed E-state index contributed by atoms with van der Waals surface area (Å²) < 4.78 is 18.6. The maximum Gasteiger partial charge on any atom is 0.165 e. The van der Waals surface area contributed by atoms with Crippen LogP contribution in [0.1, 0.15) is 11.1 Å². The Bertz CT molecular complexity index is 586. The molecular formula is C17H19ClFNO. The number of halogens is 2. The first kappa shape index (κ1) is 15.8. The Kier molecular flexibility index (Phi) is 5.59. The van der Waals surface area contributed by atoms with Crippen LogP contribution >= 0.6 is 11.6 Å². The van der Waals surface area contributed by atoms with Gasteiger partial charge in [0.15, 0.2) is 11.6 Å². The summed E-state index contributed by atoms with van der Waals surface area (Å²) in [5.41, 5.74) is 7.96. The number of methoxy groups -OCH3 is 1. The average Bonchev–Trinajstić information content (AvgIpc) is 2.49. The lowest BCUT2D eigenvalue weighted by atomic mass is 9.92. The summed E-state index contributed by atoms with van der Waals surface area (Å²) in [6.45, 7) is 0.552. The highest BCUT2D eigenvalue weighted by atomic mass is 35.5. The molecule has 0 fully saturated rings. The molecule has 0 aliphatic carbocycles. The maximum absolute atomic E-state index is 13.7. The van der Waals surface area contributed by atoms with Crippen LogP contribution < -0.4 is 10.5 Å². The van der Waals surface area contributed by atoms with Crippen molar-refractivity contribution in [2.45, 2.75) is 12.8 Å². The van der Waals surface area contributed by atoms with E-state index in [1.54, 1.807) is 6.07 Å². The minimum Gasteiger partial charge on any atom is -0.494 e. The molecule has 0 bridgehead atoms. The van der Waals surface area contributed by atoms with Crippen molar-refractivity contribution in [1.82, 2.24) is 0 Å². The normalized spacial score (nSPS) is 12.2. The van der Waals surface area contributed by atoms with Gasteiger partial charge in [-0.05, 0) is 60.7 Å². The summed E-state index contributed by atoms with van der Waals surface area (Å²) >= 11 is 5.88. The van der Waals surface area contributed by atoms with E-state index in [0.29, 0.717) is 6.54 Å². The van der Waals surface area contributed by atoms with Gasteiger partial charge in [0.1, 0.15) is 0 Å². The summed E-state index contributed by atoms with van der Waals surface area (Å²) in [6, 6.07) is 12.8. The van der Waals surface area contributed by atoms with Gasteiger partial charge in [-0.3, -0.25) is 0 Å². The molecule has 2 aromatic rings. The van der Waals surface area contributed by atoms with Gasteiger partial charge in [0, 0.05) is 5.02 Å². The van der Waals surface area contributed by atoms with Crippen LogP contribution in [-0.2, 0) is 12.8 Å². The van der Waals surface area contributed by atoms with Crippen LogP contribution in [0.5, 0.6) is 5.75 Å². The lowest BCUT2D eigenvalue weighted by Gasteiger charge is -2.15. The molecule has 2 rings (SSSR count). The summed E-state index contributed by atoms with van der Waals surface area (Å²) in [5, 5.41) is 0.722. The first-order chi connectivity index (χ1) is 10.1. The number of nitrogens with two attached hydrogens (primary N) is 1. The summed E-state index contributed by atoms with van der Waals surface area (Å²) in [7, 11) is 1.46. The van der Waals surface area contributed by atoms with E-state index < -0.39 is 0 Å². The van der Waals surface area contributed by atoms with Gasteiger partial charge in [-0.1, -0.05) is 29.8 Å². The predicted molar refractivity (Wildman–Crippen MR) is 84.4 cm³/mol. The minimum atomic E-state index is -0.336. The molecule has 0 saturated carbocycles. The molecule has 21 heavy (non-hydrogen) atoms. The number of benzene rings is 2. The number of hydrogen-bond donors (Lipinski definition) is 1. The second kappa shape index (κ2) is 7.43. The average molecular weight is 308 g/mol. The molecule has 0 aliphatic rings. The quantitative estimate of drug-likeness (QED) is 0.880. The molecule has 2 N–H and O–H groups in total. The van der Waals surface area contributed by atoms with Crippen LogP contribution in [0.2, 0.25) is 5.02 Å². The zero-order valence-corrected chi connectivity index (χ0v) is 12.7. The first-order valence-corrected chi connectivity index (χ1v) is 7.27. The van der Waals surface area contributed by atoms with E-state index in [1.807, 2.05) is 30.3 Å². The Morgan fingerprint density at radius 2 is 1.71 bits per heavy atom. The lowest BCUT2D eigenvalue weighted by Crippen LogP contribution is -2.19. The molecule has 0 aliphatic heterocycles. The second-order valence-electron chi connectivity index (χ2n) is 5.11. The Balaban J connectivity index is 2.05. The molecule has 1 atom stereocenters. The van der Waals surface area contributed by atoms with Crippen molar-refractivity contribution in [1.29, 1.82) is 0 Å². The van der Waals surface area contributed by atoms with E-state index in [4.69, 9.17) is 22.1 Å². The van der Waals surface area contributed by atoms with E-state index in [1.165, 1.54) is 18.7 Å². The van der Waals surface area contributed by atoms with Crippen LogP contribution in [0.3, 0.4) is 0 Å². The van der Waals surface area contributed by atoms with E-state index in [0.717, 1.165) is 23.4 Å². The minimum absolute atomic E-state index is 0.263. The third-order valence-electron chi connectivity index (χ3n) is 3.51. The highest BCUT2D eigenvalue weighted by Gasteiger charge is 2.11. The van der Waals surface area contributed by atoms with Gasteiger partial charge in [-0.25, -0.2) is 4.39 Å². The molecule has 112 valence electrons. The van der Waals surface area contributed by atoms with Gasteiger partial charge in [0.05, 0.1) is 7.11 Å². The highest BCUT2D eigenvalue weighted by molar-refractivity contribution is 6.30. The summed E-state index contributed by atoms with van der Waals surface area (Å²) in [6.07, 6.45) is 1.58. The van der Waals surface area contributed by atoms with Crippen molar-refractivity contribution in [3.8, 4) is 5.75 Å². The SMILES string of the molecule is COc1ccc(CC(CN)Cc2ccc(Cl)cc2)cc1F. The smallest absolute Gasteiger partial charge is 0.165 e. The first-order valence-electron chi connectivity index (χ1n) is 6.89. The van der Waals surface area contributed by atoms with Crippen LogP contribution in [0.25, 0.3) is 0 Å². The van der Waals surface area contributed by atoms with Crippen molar-refractivity contribution in [2.24, 2.45) is 11.7 Å². The molecule has 0 spiro atoms. The van der Waals surface area contributed by atoms with Gasteiger partial charge in [-0.2, -0.15) is 0 Å². The van der Waals surface area contributed by atoms with Crippen molar-refractivity contribution in [2.75, 3.05) is 13.7 Å². The molecule has 0 saturated heterocycles. The molecule has 0 radical (unpaired) electrons.